The first-order chi connectivity index (χ1) is 28.4. The summed E-state index contributed by atoms with van der Waals surface area (Å²) in [5, 5.41) is 2.74. The maximum atomic E-state index is 2.74. The first-order valence-electron chi connectivity index (χ1n) is 22.9. The number of hydrogen-bond donors (Lipinski definition) is 0. The summed E-state index contributed by atoms with van der Waals surface area (Å²) >= 11 is 0. The second-order valence-electron chi connectivity index (χ2n) is 21.3. The molecule has 0 atom stereocenters. The maximum Gasteiger partial charge on any atom is 0.245 e. The molecule has 0 spiro atoms. The molecule has 1 heterocycles. The number of fused-ring (bicyclic) bond motifs is 3. The number of benzene rings is 6. The largest absolute Gasteiger partial charge is 0.342 e. The van der Waals surface area contributed by atoms with Crippen molar-refractivity contribution in [1.29, 1.82) is 0 Å². The van der Waals surface area contributed by atoms with E-state index in [4.69, 9.17) is 0 Å². The molecule has 3 heteroatoms. The lowest BCUT2D eigenvalue weighted by Crippen LogP contribution is -2.57. The van der Waals surface area contributed by atoms with Crippen LogP contribution < -0.4 is 32.8 Å². The van der Waals surface area contributed by atoms with Crippen molar-refractivity contribution in [3.8, 4) is 0 Å². The Bertz CT molecular complexity index is 2480. The second kappa shape index (κ2) is 15.9. The summed E-state index contributed by atoms with van der Waals surface area (Å²) in [6, 6.07) is 29.6. The molecule has 1 nitrogen and oxygen atoms in total. The minimum Gasteiger partial charge on any atom is -0.342 e. The third-order valence-electron chi connectivity index (χ3n) is 13.9. The molecule has 0 saturated carbocycles. The van der Waals surface area contributed by atoms with Crippen LogP contribution in [0.25, 0.3) is 21.8 Å². The van der Waals surface area contributed by atoms with E-state index in [1.807, 2.05) is 0 Å². The predicted molar refractivity (Wildman–Crippen MR) is 274 cm³/mol. The molecule has 0 unspecified atom stereocenters. The van der Waals surface area contributed by atoms with Gasteiger partial charge in [0.25, 0.3) is 0 Å². The topological polar surface area (TPSA) is 4.93 Å². The minimum atomic E-state index is -0.0674. The molecule has 0 aliphatic carbocycles. The van der Waals surface area contributed by atoms with Crippen LogP contribution in [0.2, 0.25) is 0 Å². The summed E-state index contributed by atoms with van der Waals surface area (Å²) in [4.78, 5) is 0. The number of hydrogen-bond acceptors (Lipinski definition) is 0. The van der Waals surface area contributed by atoms with Crippen LogP contribution in [0, 0.1) is 83.1 Å². The lowest BCUT2D eigenvalue weighted by molar-refractivity contribution is 0.591. The predicted octanol–water partition coefficient (Wildman–Crippen LogP) is 11.1. The molecule has 7 aromatic rings. The molecular weight excluding hydrogens is 732 g/mol. The average molecular weight is 804 g/mol. The second-order valence-corrected chi connectivity index (χ2v) is 21.3. The third-order valence-corrected chi connectivity index (χ3v) is 13.9. The summed E-state index contributed by atoms with van der Waals surface area (Å²) < 4.78 is 2.74. The van der Waals surface area contributed by atoms with Crippen molar-refractivity contribution in [2.75, 3.05) is 0 Å². The summed E-state index contributed by atoms with van der Waals surface area (Å²) in [5.74, 6) is 0. The van der Waals surface area contributed by atoms with Crippen LogP contribution in [0.4, 0.5) is 0 Å². The van der Waals surface area contributed by atoms with Crippen LogP contribution in [0.3, 0.4) is 0 Å². The third kappa shape index (κ3) is 7.85. The van der Waals surface area contributed by atoms with E-state index >= 15 is 0 Å². The molecule has 0 fully saturated rings. The van der Waals surface area contributed by atoms with Gasteiger partial charge in [-0.2, -0.15) is 0 Å². The van der Waals surface area contributed by atoms with Gasteiger partial charge in [-0.05, 0) is 135 Å². The molecular formula is C58H71B2N. The van der Waals surface area contributed by atoms with Gasteiger partial charge in [-0.1, -0.05) is 191 Å². The molecule has 0 saturated heterocycles. The van der Waals surface area contributed by atoms with Crippen LogP contribution in [0.15, 0.2) is 72.8 Å². The lowest BCUT2D eigenvalue weighted by atomic mass is 9.33. The molecule has 0 bridgehead atoms. The van der Waals surface area contributed by atoms with Crippen molar-refractivity contribution in [3.05, 3.63) is 151 Å². The Labute approximate surface area is 370 Å². The smallest absolute Gasteiger partial charge is 0.245 e. The van der Waals surface area contributed by atoms with E-state index < -0.39 is 0 Å². The maximum absolute atomic E-state index is 2.74. The van der Waals surface area contributed by atoms with E-state index in [2.05, 4.69) is 209 Å². The quantitative estimate of drug-likeness (QED) is 0.142. The van der Waals surface area contributed by atoms with Gasteiger partial charge in [-0.15, -0.1) is 0 Å². The van der Waals surface area contributed by atoms with Crippen molar-refractivity contribution < 1.29 is 0 Å². The highest BCUT2D eigenvalue weighted by Gasteiger charge is 2.36. The monoisotopic (exact) mass is 804 g/mol. The highest BCUT2D eigenvalue weighted by molar-refractivity contribution is 6.99. The van der Waals surface area contributed by atoms with E-state index in [9.17, 15) is 0 Å². The lowest BCUT2D eigenvalue weighted by Gasteiger charge is -2.28. The minimum absolute atomic E-state index is 0.0464. The Balaban J connectivity index is 1.79. The van der Waals surface area contributed by atoms with Crippen molar-refractivity contribution in [2.45, 2.75) is 149 Å². The van der Waals surface area contributed by atoms with Crippen LogP contribution in [-0.4, -0.2) is 18.0 Å². The van der Waals surface area contributed by atoms with Crippen molar-refractivity contribution in [3.63, 3.8) is 0 Å². The molecule has 0 amide bonds. The number of rotatable bonds is 7. The fourth-order valence-electron chi connectivity index (χ4n) is 11.6. The zero-order valence-electron chi connectivity index (χ0n) is 41.2. The van der Waals surface area contributed by atoms with Gasteiger partial charge in [-0.3, -0.25) is 0 Å². The highest BCUT2D eigenvalue weighted by atomic mass is 15.0. The zero-order valence-corrected chi connectivity index (χ0v) is 41.2. The van der Waals surface area contributed by atoms with Gasteiger partial charge >= 0.3 is 0 Å². The molecule has 1 aromatic heterocycles. The Kier molecular flexibility index (Phi) is 11.5. The van der Waals surface area contributed by atoms with E-state index in [-0.39, 0.29) is 24.3 Å². The van der Waals surface area contributed by atoms with Gasteiger partial charge in [0.05, 0.1) is 0 Å². The normalized spacial score (nSPS) is 12.2. The summed E-state index contributed by atoms with van der Waals surface area (Å²) in [6.07, 6.45) is 0. The van der Waals surface area contributed by atoms with Gasteiger partial charge < -0.3 is 4.57 Å². The Morgan fingerprint density at radius 1 is 0.361 bits per heavy atom. The molecule has 61 heavy (non-hydrogen) atoms. The van der Waals surface area contributed by atoms with Crippen LogP contribution >= 0.6 is 0 Å². The van der Waals surface area contributed by atoms with Gasteiger partial charge in [0.15, 0.2) is 0 Å². The molecule has 0 radical (unpaired) electrons. The summed E-state index contributed by atoms with van der Waals surface area (Å²) in [5.41, 5.74) is 30.1. The van der Waals surface area contributed by atoms with Crippen molar-refractivity contribution in [1.82, 2.24) is 4.57 Å². The summed E-state index contributed by atoms with van der Waals surface area (Å²) in [7, 11) is 0. The van der Waals surface area contributed by atoms with Crippen LogP contribution in [0.1, 0.15) is 126 Å². The molecule has 0 aliphatic rings. The van der Waals surface area contributed by atoms with E-state index in [0.29, 0.717) is 0 Å². The van der Waals surface area contributed by atoms with Gasteiger partial charge in [-0.25, -0.2) is 0 Å². The number of aryl methyl sites for hydroxylation is 13. The van der Waals surface area contributed by atoms with Gasteiger partial charge in [0, 0.05) is 28.4 Å². The SMILES string of the molecule is CCn1c2c(B(c3c(C)cc(C)cc3C)c3c(C)cc(C)cc3C)cc(C(C)(C)C)cc2c2cc(C(C)(C)C)cc(B(c3c(C)cc(C)cc3C)c3c(C)cc(C)cc3C)c21. The van der Waals surface area contributed by atoms with Crippen molar-refractivity contribution >= 4 is 68.0 Å². The molecule has 6 aromatic carbocycles. The number of nitrogens with zero attached hydrogens (tertiary/aromatic N) is 1. The first kappa shape index (κ1) is 44.3. The average Bonchev–Trinajstić information content (AvgIpc) is 3.44. The Hall–Kier alpha value is -4.75. The van der Waals surface area contributed by atoms with Gasteiger partial charge in [0.2, 0.25) is 13.4 Å². The Morgan fingerprint density at radius 2 is 0.590 bits per heavy atom. The molecule has 0 aliphatic heterocycles. The highest BCUT2D eigenvalue weighted by Crippen LogP contribution is 2.36. The van der Waals surface area contributed by atoms with E-state index in [1.54, 1.807) is 0 Å². The first-order valence-corrected chi connectivity index (χ1v) is 22.9. The van der Waals surface area contributed by atoms with Crippen LogP contribution in [0.5, 0.6) is 0 Å². The van der Waals surface area contributed by atoms with Crippen molar-refractivity contribution in [2.24, 2.45) is 0 Å². The van der Waals surface area contributed by atoms with Gasteiger partial charge in [0.1, 0.15) is 0 Å². The molecule has 0 N–H and O–H groups in total. The zero-order chi connectivity index (χ0) is 44.8. The fourth-order valence-corrected chi connectivity index (χ4v) is 11.6. The number of aromatic nitrogens is 1. The van der Waals surface area contributed by atoms with E-state index in [1.165, 1.54) is 132 Å². The standard InChI is InChI=1S/C58H71B2N/c1-20-61-55-47(29-45(57(14,15)16)31-49(55)59(51-37(6)21-33(2)22-38(51)7)52-39(8)23-34(3)24-40(52)9)48-30-46(58(17,18)19)32-50(56(48)61)60(53-41(10)25-35(4)26-42(53)11)54-43(12)27-36(5)28-44(54)13/h21-32H,20H2,1-19H3. The molecule has 7 rings (SSSR count). The Morgan fingerprint density at radius 3 is 0.787 bits per heavy atom. The molecule has 314 valence electrons. The fraction of sp³-hybridized carbons (Fsp3) is 0.379. The van der Waals surface area contributed by atoms with Crippen LogP contribution in [-0.2, 0) is 17.4 Å². The van der Waals surface area contributed by atoms with E-state index in [0.717, 1.165) is 6.54 Å². The summed E-state index contributed by atoms with van der Waals surface area (Å²) in [6.45, 7) is 45.4.